The second kappa shape index (κ2) is 8.46. The summed E-state index contributed by atoms with van der Waals surface area (Å²) in [5, 5.41) is 18.0. The fourth-order valence-corrected chi connectivity index (χ4v) is 4.02. The number of para-hydroxylation sites is 1. The highest BCUT2D eigenvalue weighted by molar-refractivity contribution is 7.10. The lowest BCUT2D eigenvalue weighted by Gasteiger charge is -2.19. The average molecular weight is 390 g/mol. The molecule has 0 bridgehead atoms. The highest BCUT2D eigenvalue weighted by Gasteiger charge is 2.17. The fourth-order valence-electron chi connectivity index (χ4n) is 3.19. The van der Waals surface area contributed by atoms with Gasteiger partial charge in [0.1, 0.15) is 0 Å². The van der Waals surface area contributed by atoms with Crippen molar-refractivity contribution in [3.63, 3.8) is 0 Å². The molecule has 4 aromatic rings. The van der Waals surface area contributed by atoms with Crippen LogP contribution in [0.5, 0.6) is 0 Å². The summed E-state index contributed by atoms with van der Waals surface area (Å²) >= 11 is 1.75. The molecule has 0 amide bonds. The molecule has 2 heterocycles. The van der Waals surface area contributed by atoms with Gasteiger partial charge in [-0.25, -0.2) is 0 Å². The summed E-state index contributed by atoms with van der Waals surface area (Å²) in [6, 6.07) is 23.2. The van der Waals surface area contributed by atoms with Gasteiger partial charge in [-0.05, 0) is 51.1 Å². The SMILES string of the molecule is CC(C)c1ccc([C@H](NCc2nnnn2-c2ccccc2)c2cccs2)cc1. The van der Waals surface area contributed by atoms with Gasteiger partial charge in [-0.1, -0.05) is 62.4 Å². The Hall–Kier alpha value is -2.83. The van der Waals surface area contributed by atoms with Crippen molar-refractivity contribution in [1.82, 2.24) is 25.5 Å². The number of tetrazole rings is 1. The van der Waals surface area contributed by atoms with E-state index in [9.17, 15) is 0 Å². The van der Waals surface area contributed by atoms with E-state index < -0.39 is 0 Å². The number of aromatic nitrogens is 4. The molecule has 4 rings (SSSR count). The van der Waals surface area contributed by atoms with Crippen molar-refractivity contribution in [3.8, 4) is 5.69 Å². The zero-order valence-electron chi connectivity index (χ0n) is 16.0. The maximum atomic E-state index is 4.22. The normalized spacial score (nSPS) is 12.4. The first kappa shape index (κ1) is 18.5. The predicted octanol–water partition coefficient (Wildman–Crippen LogP) is 4.73. The molecule has 1 N–H and O–H groups in total. The molecule has 2 aromatic carbocycles. The highest BCUT2D eigenvalue weighted by Crippen LogP contribution is 2.27. The summed E-state index contributed by atoms with van der Waals surface area (Å²) in [5.74, 6) is 1.31. The standard InChI is InChI=1S/C22H23N5S/c1-16(2)17-10-12-18(13-11-17)22(20-9-6-14-28-20)23-15-21-24-25-26-27(21)19-7-4-3-5-8-19/h3-14,16,22-23H,15H2,1-2H3/t22-/m0/s1. The van der Waals surface area contributed by atoms with Crippen molar-refractivity contribution in [2.24, 2.45) is 0 Å². The Morgan fingerprint density at radius 2 is 1.68 bits per heavy atom. The van der Waals surface area contributed by atoms with Crippen molar-refractivity contribution in [1.29, 1.82) is 0 Å². The molecule has 0 spiro atoms. The second-order valence-corrected chi connectivity index (χ2v) is 7.97. The molecule has 142 valence electrons. The van der Waals surface area contributed by atoms with E-state index in [2.05, 4.69) is 76.5 Å². The zero-order valence-corrected chi connectivity index (χ0v) is 16.8. The molecular formula is C22H23N5S. The van der Waals surface area contributed by atoms with Gasteiger partial charge in [0.15, 0.2) is 5.82 Å². The first-order valence-corrected chi connectivity index (χ1v) is 10.3. The Bertz CT molecular complexity index is 991. The van der Waals surface area contributed by atoms with E-state index in [1.807, 2.05) is 30.3 Å². The van der Waals surface area contributed by atoms with Crippen LogP contribution >= 0.6 is 11.3 Å². The van der Waals surface area contributed by atoms with Crippen LogP contribution in [-0.2, 0) is 6.54 Å². The van der Waals surface area contributed by atoms with Gasteiger partial charge in [-0.3, -0.25) is 5.32 Å². The van der Waals surface area contributed by atoms with Gasteiger partial charge in [0.05, 0.1) is 18.3 Å². The third-order valence-corrected chi connectivity index (χ3v) is 5.70. The molecule has 0 saturated carbocycles. The van der Waals surface area contributed by atoms with Gasteiger partial charge < -0.3 is 0 Å². The van der Waals surface area contributed by atoms with Gasteiger partial charge >= 0.3 is 0 Å². The number of hydrogen-bond donors (Lipinski definition) is 1. The van der Waals surface area contributed by atoms with Crippen LogP contribution in [0, 0.1) is 0 Å². The van der Waals surface area contributed by atoms with E-state index in [1.165, 1.54) is 16.0 Å². The summed E-state index contributed by atoms with van der Waals surface area (Å²) in [6.07, 6.45) is 0. The Balaban J connectivity index is 1.57. The van der Waals surface area contributed by atoms with Crippen LogP contribution in [-0.4, -0.2) is 20.2 Å². The van der Waals surface area contributed by atoms with Crippen LogP contribution in [0.4, 0.5) is 0 Å². The van der Waals surface area contributed by atoms with Gasteiger partial charge in [0.25, 0.3) is 0 Å². The Labute approximate surface area is 169 Å². The fraction of sp³-hybridized carbons (Fsp3) is 0.227. The van der Waals surface area contributed by atoms with Crippen LogP contribution in [0.2, 0.25) is 0 Å². The number of hydrogen-bond acceptors (Lipinski definition) is 5. The maximum absolute atomic E-state index is 4.22. The lowest BCUT2D eigenvalue weighted by Crippen LogP contribution is -2.23. The molecule has 6 heteroatoms. The Morgan fingerprint density at radius 3 is 2.36 bits per heavy atom. The first-order valence-electron chi connectivity index (χ1n) is 9.41. The number of benzene rings is 2. The van der Waals surface area contributed by atoms with E-state index in [1.54, 1.807) is 16.0 Å². The average Bonchev–Trinajstić information content (AvgIpc) is 3.41. The van der Waals surface area contributed by atoms with E-state index in [0.29, 0.717) is 12.5 Å². The van der Waals surface area contributed by atoms with Gasteiger partial charge in [0.2, 0.25) is 0 Å². The molecule has 0 aliphatic heterocycles. The summed E-state index contributed by atoms with van der Waals surface area (Å²) in [7, 11) is 0. The maximum Gasteiger partial charge on any atom is 0.170 e. The van der Waals surface area contributed by atoms with Crippen molar-refractivity contribution in [3.05, 3.63) is 93.9 Å². The minimum Gasteiger partial charge on any atom is -0.298 e. The van der Waals surface area contributed by atoms with E-state index in [0.717, 1.165) is 11.5 Å². The molecular weight excluding hydrogens is 366 g/mol. The molecule has 0 radical (unpaired) electrons. The number of nitrogens with one attached hydrogen (secondary N) is 1. The number of thiophene rings is 1. The lowest BCUT2D eigenvalue weighted by atomic mass is 9.98. The van der Waals surface area contributed by atoms with E-state index in [-0.39, 0.29) is 6.04 Å². The molecule has 1 atom stereocenters. The van der Waals surface area contributed by atoms with Crippen molar-refractivity contribution in [2.75, 3.05) is 0 Å². The number of nitrogens with zero attached hydrogens (tertiary/aromatic N) is 4. The van der Waals surface area contributed by atoms with Gasteiger partial charge in [-0.2, -0.15) is 4.68 Å². The molecule has 28 heavy (non-hydrogen) atoms. The minimum absolute atomic E-state index is 0.0992. The van der Waals surface area contributed by atoms with Crippen LogP contribution in [0.1, 0.15) is 47.6 Å². The molecule has 0 saturated heterocycles. The monoisotopic (exact) mass is 389 g/mol. The molecule has 0 aliphatic carbocycles. The molecule has 0 unspecified atom stereocenters. The van der Waals surface area contributed by atoms with Crippen molar-refractivity contribution in [2.45, 2.75) is 32.4 Å². The van der Waals surface area contributed by atoms with Crippen LogP contribution in [0.3, 0.4) is 0 Å². The van der Waals surface area contributed by atoms with Crippen LogP contribution < -0.4 is 5.32 Å². The second-order valence-electron chi connectivity index (χ2n) is 6.99. The van der Waals surface area contributed by atoms with Crippen LogP contribution in [0.15, 0.2) is 72.1 Å². The van der Waals surface area contributed by atoms with E-state index >= 15 is 0 Å². The summed E-state index contributed by atoms with van der Waals surface area (Å²) in [5.41, 5.74) is 3.55. The largest absolute Gasteiger partial charge is 0.298 e. The highest BCUT2D eigenvalue weighted by atomic mass is 32.1. The topological polar surface area (TPSA) is 55.6 Å². The van der Waals surface area contributed by atoms with Crippen molar-refractivity contribution >= 4 is 11.3 Å². The van der Waals surface area contributed by atoms with Crippen LogP contribution in [0.25, 0.3) is 5.69 Å². The van der Waals surface area contributed by atoms with Crippen molar-refractivity contribution < 1.29 is 0 Å². The third kappa shape index (κ3) is 4.03. The van der Waals surface area contributed by atoms with E-state index in [4.69, 9.17) is 0 Å². The number of rotatable bonds is 7. The zero-order chi connectivity index (χ0) is 19.3. The Kier molecular flexibility index (Phi) is 5.60. The first-order chi connectivity index (χ1) is 13.7. The summed E-state index contributed by atoms with van der Waals surface area (Å²) < 4.78 is 1.78. The molecule has 5 nitrogen and oxygen atoms in total. The quantitative estimate of drug-likeness (QED) is 0.497. The third-order valence-electron chi connectivity index (χ3n) is 4.76. The Morgan fingerprint density at radius 1 is 0.929 bits per heavy atom. The lowest BCUT2D eigenvalue weighted by molar-refractivity contribution is 0.582. The molecule has 2 aromatic heterocycles. The smallest absolute Gasteiger partial charge is 0.170 e. The molecule has 0 fully saturated rings. The summed E-state index contributed by atoms with van der Waals surface area (Å²) in [4.78, 5) is 1.27. The van der Waals surface area contributed by atoms with Gasteiger partial charge in [0, 0.05) is 4.88 Å². The predicted molar refractivity (Wildman–Crippen MR) is 113 cm³/mol. The minimum atomic E-state index is 0.0992. The molecule has 0 aliphatic rings. The summed E-state index contributed by atoms with van der Waals surface area (Å²) in [6.45, 7) is 5.00. The van der Waals surface area contributed by atoms with Gasteiger partial charge in [-0.15, -0.1) is 16.4 Å².